The Balaban J connectivity index is 1.12. The Bertz CT molecular complexity index is 2270. The Hall–Kier alpha value is -5.73. The van der Waals surface area contributed by atoms with Gasteiger partial charge < -0.3 is 30.4 Å². The van der Waals surface area contributed by atoms with E-state index in [9.17, 15) is 30.3 Å². The summed E-state index contributed by atoms with van der Waals surface area (Å²) in [5.74, 6) is -0.720. The zero-order valence-electron chi connectivity index (χ0n) is 26.8. The van der Waals surface area contributed by atoms with Gasteiger partial charge in [0.2, 0.25) is 0 Å². The third-order valence-electron chi connectivity index (χ3n) is 10.9. The highest BCUT2D eigenvalue weighted by atomic mass is 16.3. The molecule has 1 aliphatic heterocycles. The zero-order chi connectivity index (χ0) is 34.3. The summed E-state index contributed by atoms with van der Waals surface area (Å²) in [6.07, 6.45) is -2.85. The van der Waals surface area contributed by atoms with Crippen molar-refractivity contribution in [3.8, 4) is 22.6 Å². The summed E-state index contributed by atoms with van der Waals surface area (Å²) in [5.41, 5.74) is 9.33. The third-order valence-corrected chi connectivity index (χ3v) is 10.9. The van der Waals surface area contributed by atoms with Gasteiger partial charge in [-0.1, -0.05) is 91.0 Å². The van der Waals surface area contributed by atoms with Gasteiger partial charge in [-0.2, -0.15) is 0 Å². The fraction of sp³-hybridized carbons (Fsp3) is 0.140. The number of fused-ring (bicyclic) bond motifs is 5. The van der Waals surface area contributed by atoms with E-state index in [4.69, 9.17) is 0 Å². The van der Waals surface area contributed by atoms with E-state index in [-0.39, 0.29) is 17.3 Å². The van der Waals surface area contributed by atoms with Crippen molar-refractivity contribution in [2.45, 2.75) is 30.4 Å². The van der Waals surface area contributed by atoms with Crippen LogP contribution in [0.1, 0.15) is 73.4 Å². The first kappa shape index (κ1) is 30.3. The molecule has 5 N–H and O–H groups in total. The van der Waals surface area contributed by atoms with Crippen LogP contribution in [0.4, 0.5) is 5.69 Å². The van der Waals surface area contributed by atoms with E-state index in [0.29, 0.717) is 34.4 Å². The van der Waals surface area contributed by atoms with Crippen molar-refractivity contribution in [3.63, 3.8) is 0 Å². The Labute approximate surface area is 288 Å². The minimum absolute atomic E-state index is 0.0224. The predicted octanol–water partition coefficient (Wildman–Crippen LogP) is 7.05. The molecule has 3 aliphatic rings. The first-order valence-electron chi connectivity index (χ1n) is 16.7. The molecule has 50 heavy (non-hydrogen) atoms. The molecule has 6 aromatic carbocycles. The van der Waals surface area contributed by atoms with Gasteiger partial charge in [-0.3, -0.25) is 4.79 Å². The number of carbonyl (C=O) groups is 1. The lowest BCUT2D eigenvalue weighted by atomic mass is 9.67. The Morgan fingerprint density at radius 1 is 0.560 bits per heavy atom. The molecule has 0 saturated carbocycles. The normalized spacial score (nSPS) is 21.1. The van der Waals surface area contributed by atoms with Crippen LogP contribution in [-0.4, -0.2) is 31.3 Å². The lowest BCUT2D eigenvalue weighted by molar-refractivity contribution is 0.0756. The fourth-order valence-corrected chi connectivity index (χ4v) is 8.57. The number of ketones is 1. The fourth-order valence-electron chi connectivity index (χ4n) is 8.57. The number of rotatable bonds is 5. The number of aliphatic hydroxyl groups is 3. The maximum Gasteiger partial charge on any atom is 0.169 e. The van der Waals surface area contributed by atoms with Gasteiger partial charge >= 0.3 is 0 Å². The summed E-state index contributed by atoms with van der Waals surface area (Å²) in [5, 5.41) is 53.4. The van der Waals surface area contributed by atoms with Crippen LogP contribution in [0.25, 0.3) is 11.1 Å². The second-order valence-electron chi connectivity index (χ2n) is 13.4. The first-order valence-corrected chi connectivity index (χ1v) is 16.7. The SMILES string of the molecule is O=C1c2ccc(O)cc2C(O)[C@H]1Cc1ccc(C2(c3ccc(N4C(O)c5ccc(O)cc5C4O)cc3)c3ccccc3-c3ccccc32)cc1. The standard InChI is InChI=1S/C43H33NO6/c45-28-17-19-32-34(22-28)40(48)36(39(32)47)21-24-9-11-25(12-10-24)43(37-7-3-1-5-30(37)31-6-2-4-8-38(31)43)26-13-15-27(16-14-26)44-41(49)33-20-18-29(46)23-35(33)42(44)50/h1-20,22-23,36,40-42,45-46,48-50H,21H2/t36-,40?,41?,42?/m0/s1. The molecule has 6 aromatic rings. The second-order valence-corrected chi connectivity index (χ2v) is 13.4. The Morgan fingerprint density at radius 3 is 1.74 bits per heavy atom. The average molecular weight is 660 g/mol. The second kappa shape index (κ2) is 11.1. The van der Waals surface area contributed by atoms with Crippen molar-refractivity contribution in [3.05, 3.63) is 184 Å². The quantitative estimate of drug-likeness (QED) is 0.134. The number of hydrogen-bond acceptors (Lipinski definition) is 7. The van der Waals surface area contributed by atoms with E-state index < -0.39 is 29.9 Å². The van der Waals surface area contributed by atoms with Gasteiger partial charge in [0.05, 0.1) is 17.4 Å². The number of aromatic hydroxyl groups is 2. The highest BCUT2D eigenvalue weighted by Gasteiger charge is 2.46. The lowest BCUT2D eigenvalue weighted by Crippen LogP contribution is -2.29. The first-order chi connectivity index (χ1) is 24.3. The van der Waals surface area contributed by atoms with Gasteiger partial charge in [0.1, 0.15) is 11.5 Å². The van der Waals surface area contributed by atoms with Crippen LogP contribution in [0.2, 0.25) is 0 Å². The number of phenolic OH excluding ortho intramolecular Hbond substituents is 2. The molecule has 7 nitrogen and oxygen atoms in total. The van der Waals surface area contributed by atoms with Crippen molar-refractivity contribution < 1.29 is 30.3 Å². The number of hydrogen-bond donors (Lipinski definition) is 5. The minimum Gasteiger partial charge on any atom is -0.508 e. The van der Waals surface area contributed by atoms with Gasteiger partial charge in [-0.25, -0.2) is 0 Å². The molecule has 0 bridgehead atoms. The molecular formula is C43H33NO6. The molecule has 246 valence electrons. The molecular weight excluding hydrogens is 626 g/mol. The van der Waals surface area contributed by atoms with E-state index in [2.05, 4.69) is 36.4 Å². The van der Waals surface area contributed by atoms with E-state index in [1.807, 2.05) is 60.7 Å². The van der Waals surface area contributed by atoms with Gasteiger partial charge in [0, 0.05) is 22.4 Å². The molecule has 0 aromatic heterocycles. The maximum atomic E-state index is 13.3. The van der Waals surface area contributed by atoms with Crippen LogP contribution < -0.4 is 4.90 Å². The molecule has 9 rings (SSSR count). The number of nitrogens with zero attached hydrogens (tertiary/aromatic N) is 1. The molecule has 4 atom stereocenters. The Kier molecular flexibility index (Phi) is 6.77. The van der Waals surface area contributed by atoms with E-state index >= 15 is 0 Å². The molecule has 2 aliphatic carbocycles. The summed E-state index contributed by atoms with van der Waals surface area (Å²) >= 11 is 0. The van der Waals surface area contributed by atoms with Gasteiger partial charge in [0.25, 0.3) is 0 Å². The summed E-state index contributed by atoms with van der Waals surface area (Å²) in [6.45, 7) is 0. The summed E-state index contributed by atoms with van der Waals surface area (Å²) in [4.78, 5) is 14.8. The smallest absolute Gasteiger partial charge is 0.169 e. The minimum atomic E-state index is -1.13. The van der Waals surface area contributed by atoms with Crippen LogP contribution in [0.3, 0.4) is 0 Å². The van der Waals surface area contributed by atoms with Gasteiger partial charge in [-0.05, 0) is 93.4 Å². The number of benzene rings is 6. The lowest BCUT2D eigenvalue weighted by Gasteiger charge is -2.35. The van der Waals surface area contributed by atoms with Gasteiger partial charge in [-0.15, -0.1) is 0 Å². The van der Waals surface area contributed by atoms with E-state index in [0.717, 1.165) is 38.9 Å². The van der Waals surface area contributed by atoms with Crippen LogP contribution >= 0.6 is 0 Å². The van der Waals surface area contributed by atoms with Crippen molar-refractivity contribution in [1.29, 1.82) is 0 Å². The molecule has 0 radical (unpaired) electrons. The van der Waals surface area contributed by atoms with Crippen molar-refractivity contribution >= 4 is 11.5 Å². The molecule has 0 amide bonds. The van der Waals surface area contributed by atoms with Crippen LogP contribution in [-0.2, 0) is 11.8 Å². The topological polar surface area (TPSA) is 121 Å². The Morgan fingerprint density at radius 2 is 1.10 bits per heavy atom. The highest BCUT2D eigenvalue weighted by Crippen LogP contribution is 2.56. The molecule has 3 unspecified atom stereocenters. The largest absolute Gasteiger partial charge is 0.508 e. The highest BCUT2D eigenvalue weighted by molar-refractivity contribution is 6.03. The monoisotopic (exact) mass is 659 g/mol. The molecule has 0 spiro atoms. The van der Waals surface area contributed by atoms with Crippen molar-refractivity contribution in [2.24, 2.45) is 5.92 Å². The van der Waals surface area contributed by atoms with Crippen molar-refractivity contribution in [2.75, 3.05) is 4.90 Å². The third kappa shape index (κ3) is 4.24. The number of phenols is 2. The average Bonchev–Trinajstić information content (AvgIpc) is 3.67. The summed E-state index contributed by atoms with van der Waals surface area (Å²) < 4.78 is 0. The molecule has 7 heteroatoms. The van der Waals surface area contributed by atoms with Crippen molar-refractivity contribution in [1.82, 2.24) is 0 Å². The number of aliphatic hydroxyl groups excluding tert-OH is 3. The molecule has 1 heterocycles. The molecule has 0 saturated heterocycles. The van der Waals surface area contributed by atoms with Crippen LogP contribution in [0.5, 0.6) is 11.5 Å². The zero-order valence-corrected chi connectivity index (χ0v) is 26.8. The van der Waals surface area contributed by atoms with E-state index in [1.165, 1.54) is 29.2 Å². The number of Topliss-reactive ketones (excluding diaryl/α,β-unsaturated/α-hetero) is 1. The van der Waals surface area contributed by atoms with Crippen LogP contribution in [0.15, 0.2) is 133 Å². The predicted molar refractivity (Wildman–Crippen MR) is 189 cm³/mol. The number of carbonyl (C=O) groups excluding carboxylic acids is 1. The summed E-state index contributed by atoms with van der Waals surface area (Å²) in [7, 11) is 0. The van der Waals surface area contributed by atoms with E-state index in [1.54, 1.807) is 12.1 Å². The molecule has 0 fully saturated rings. The summed E-state index contributed by atoms with van der Waals surface area (Å²) in [6, 6.07) is 42.1. The maximum absolute atomic E-state index is 13.3. The van der Waals surface area contributed by atoms with Gasteiger partial charge in [0.15, 0.2) is 18.2 Å². The van der Waals surface area contributed by atoms with Crippen LogP contribution in [0, 0.1) is 5.92 Å². The number of anilines is 1.